The molecular formula is C18H20BrNO2. The summed E-state index contributed by atoms with van der Waals surface area (Å²) in [5.74, 6) is 1.06. The molecule has 1 amide bonds. The smallest absolute Gasteiger partial charge is 0.262 e. The number of carbonyl (C=O) groups is 1. The first kappa shape index (κ1) is 16.6. The van der Waals surface area contributed by atoms with Crippen molar-refractivity contribution >= 4 is 27.5 Å². The molecule has 2 aromatic rings. The summed E-state index contributed by atoms with van der Waals surface area (Å²) in [6, 6.07) is 15.4. The van der Waals surface area contributed by atoms with Gasteiger partial charge in [0.15, 0.2) is 6.61 Å². The predicted octanol–water partition coefficient (Wildman–Crippen LogP) is 4.98. The molecule has 0 aliphatic carbocycles. The van der Waals surface area contributed by atoms with Gasteiger partial charge in [-0.3, -0.25) is 4.79 Å². The van der Waals surface area contributed by atoms with Gasteiger partial charge in [-0.25, -0.2) is 0 Å². The highest BCUT2D eigenvalue weighted by molar-refractivity contribution is 9.10. The Kier molecular flexibility index (Phi) is 6.01. The van der Waals surface area contributed by atoms with Crippen LogP contribution in [-0.4, -0.2) is 12.5 Å². The Morgan fingerprint density at radius 1 is 1.18 bits per heavy atom. The van der Waals surface area contributed by atoms with Crippen LogP contribution < -0.4 is 10.1 Å². The first-order chi connectivity index (χ1) is 10.6. The summed E-state index contributed by atoms with van der Waals surface area (Å²) in [6.45, 7) is 4.35. The zero-order chi connectivity index (χ0) is 15.9. The van der Waals surface area contributed by atoms with Crippen molar-refractivity contribution in [2.75, 3.05) is 11.9 Å². The van der Waals surface area contributed by atoms with Crippen LogP contribution in [0.2, 0.25) is 0 Å². The number of halogens is 1. The highest BCUT2D eigenvalue weighted by Crippen LogP contribution is 2.22. The van der Waals surface area contributed by atoms with Crippen LogP contribution in [0.3, 0.4) is 0 Å². The van der Waals surface area contributed by atoms with E-state index in [4.69, 9.17) is 4.74 Å². The number of rotatable bonds is 6. The number of hydrogen-bond acceptors (Lipinski definition) is 2. The minimum absolute atomic E-state index is 0.00991. The monoisotopic (exact) mass is 361 g/mol. The normalized spacial score (nSPS) is 11.8. The Morgan fingerprint density at radius 2 is 1.86 bits per heavy atom. The molecule has 0 bridgehead atoms. The number of para-hydroxylation sites is 1. The molecule has 0 aromatic heterocycles. The maximum atomic E-state index is 11.9. The van der Waals surface area contributed by atoms with E-state index in [-0.39, 0.29) is 12.5 Å². The fourth-order valence-electron chi connectivity index (χ4n) is 2.03. The topological polar surface area (TPSA) is 38.3 Å². The number of nitrogens with one attached hydrogen (secondary N) is 1. The molecule has 0 heterocycles. The van der Waals surface area contributed by atoms with E-state index in [1.807, 2.05) is 36.4 Å². The first-order valence-electron chi connectivity index (χ1n) is 7.37. The fraction of sp³-hybridized carbons (Fsp3) is 0.278. The van der Waals surface area contributed by atoms with Crippen LogP contribution in [0.1, 0.15) is 31.7 Å². The summed E-state index contributed by atoms with van der Waals surface area (Å²) >= 11 is 3.39. The second-order valence-electron chi connectivity index (χ2n) is 5.20. The lowest BCUT2D eigenvalue weighted by atomic mass is 9.99. The molecule has 0 aliphatic rings. The molecule has 4 heteroatoms. The zero-order valence-corrected chi connectivity index (χ0v) is 14.4. The molecule has 1 atom stereocenters. The van der Waals surface area contributed by atoms with Crippen LogP contribution in [0, 0.1) is 0 Å². The Labute approximate surface area is 139 Å². The van der Waals surface area contributed by atoms with Crippen molar-refractivity contribution in [3.05, 3.63) is 58.6 Å². The van der Waals surface area contributed by atoms with Gasteiger partial charge in [-0.1, -0.05) is 38.1 Å². The van der Waals surface area contributed by atoms with Crippen molar-refractivity contribution in [1.29, 1.82) is 0 Å². The molecule has 3 nitrogen and oxygen atoms in total. The van der Waals surface area contributed by atoms with Crippen molar-refractivity contribution in [2.24, 2.45) is 0 Å². The van der Waals surface area contributed by atoms with E-state index in [0.717, 1.165) is 16.6 Å². The first-order valence-corrected chi connectivity index (χ1v) is 8.16. The van der Waals surface area contributed by atoms with Gasteiger partial charge in [0.1, 0.15) is 5.75 Å². The Bertz CT molecular complexity index is 625. The van der Waals surface area contributed by atoms with E-state index in [9.17, 15) is 4.79 Å². The maximum Gasteiger partial charge on any atom is 0.262 e. The van der Waals surface area contributed by atoms with Crippen molar-refractivity contribution in [3.8, 4) is 5.75 Å². The van der Waals surface area contributed by atoms with E-state index < -0.39 is 0 Å². The number of amides is 1. The summed E-state index contributed by atoms with van der Waals surface area (Å²) in [5, 5.41) is 2.81. The summed E-state index contributed by atoms with van der Waals surface area (Å²) < 4.78 is 6.37. The van der Waals surface area contributed by atoms with Crippen LogP contribution >= 0.6 is 15.9 Å². The minimum Gasteiger partial charge on any atom is -0.484 e. The van der Waals surface area contributed by atoms with Crippen LogP contribution in [0.15, 0.2) is 53.0 Å². The molecule has 0 spiro atoms. The largest absolute Gasteiger partial charge is 0.484 e. The molecule has 0 saturated carbocycles. The lowest BCUT2D eigenvalue weighted by molar-refractivity contribution is -0.118. The average Bonchev–Trinajstić information content (AvgIpc) is 2.55. The second kappa shape index (κ2) is 7.99. The summed E-state index contributed by atoms with van der Waals surface area (Å²) in [5.41, 5.74) is 2.02. The predicted molar refractivity (Wildman–Crippen MR) is 93.4 cm³/mol. The van der Waals surface area contributed by atoms with Gasteiger partial charge in [-0.15, -0.1) is 0 Å². The van der Waals surface area contributed by atoms with Crippen LogP contribution in [0.5, 0.6) is 5.75 Å². The average molecular weight is 362 g/mol. The van der Waals surface area contributed by atoms with Gasteiger partial charge in [0.05, 0.1) is 5.69 Å². The molecule has 0 fully saturated rings. The second-order valence-corrected chi connectivity index (χ2v) is 6.05. The molecule has 0 saturated heterocycles. The molecule has 0 aliphatic heterocycles. The van der Waals surface area contributed by atoms with Gasteiger partial charge in [0.2, 0.25) is 0 Å². The number of anilines is 1. The van der Waals surface area contributed by atoms with Gasteiger partial charge >= 0.3 is 0 Å². The molecule has 2 aromatic carbocycles. The van der Waals surface area contributed by atoms with E-state index in [2.05, 4.69) is 47.2 Å². The molecule has 0 unspecified atom stereocenters. The van der Waals surface area contributed by atoms with Gasteiger partial charge in [0, 0.05) is 4.47 Å². The third-order valence-electron chi connectivity index (χ3n) is 3.58. The van der Waals surface area contributed by atoms with Gasteiger partial charge in [-0.2, -0.15) is 0 Å². The Balaban J connectivity index is 1.87. The Hall–Kier alpha value is -1.81. The summed E-state index contributed by atoms with van der Waals surface area (Å²) in [6.07, 6.45) is 1.11. The van der Waals surface area contributed by atoms with E-state index in [1.54, 1.807) is 0 Å². The van der Waals surface area contributed by atoms with E-state index >= 15 is 0 Å². The molecule has 116 valence electrons. The Morgan fingerprint density at radius 3 is 2.50 bits per heavy atom. The fourth-order valence-corrected chi connectivity index (χ4v) is 2.41. The molecule has 22 heavy (non-hydrogen) atoms. The number of hydrogen-bond donors (Lipinski definition) is 1. The third-order valence-corrected chi connectivity index (χ3v) is 4.27. The van der Waals surface area contributed by atoms with Crippen molar-refractivity contribution in [3.63, 3.8) is 0 Å². The minimum atomic E-state index is -0.182. The molecule has 1 N–H and O–H groups in total. The highest BCUT2D eigenvalue weighted by Gasteiger charge is 2.07. The van der Waals surface area contributed by atoms with E-state index in [0.29, 0.717) is 11.7 Å². The van der Waals surface area contributed by atoms with Gasteiger partial charge in [0.25, 0.3) is 5.91 Å². The highest BCUT2D eigenvalue weighted by atomic mass is 79.9. The summed E-state index contributed by atoms with van der Waals surface area (Å²) in [7, 11) is 0. The van der Waals surface area contributed by atoms with Gasteiger partial charge in [-0.05, 0) is 58.1 Å². The standard InChI is InChI=1S/C18H20BrNO2/c1-3-13(2)14-8-10-15(11-9-14)22-12-18(21)20-17-7-5-4-6-16(17)19/h4-11,13H,3,12H2,1-2H3,(H,20,21)/t13-/m1/s1. The van der Waals surface area contributed by atoms with Gasteiger partial charge < -0.3 is 10.1 Å². The quantitative estimate of drug-likeness (QED) is 0.787. The SMILES string of the molecule is CC[C@@H](C)c1ccc(OCC(=O)Nc2ccccc2Br)cc1. The number of ether oxygens (including phenoxy) is 1. The van der Waals surface area contributed by atoms with Crippen molar-refractivity contribution in [1.82, 2.24) is 0 Å². The zero-order valence-electron chi connectivity index (χ0n) is 12.8. The van der Waals surface area contributed by atoms with Crippen molar-refractivity contribution < 1.29 is 9.53 Å². The molecule has 0 radical (unpaired) electrons. The maximum absolute atomic E-state index is 11.9. The van der Waals surface area contributed by atoms with Crippen LogP contribution in [-0.2, 0) is 4.79 Å². The molecule has 2 rings (SSSR count). The molecular weight excluding hydrogens is 342 g/mol. The van der Waals surface area contributed by atoms with Crippen LogP contribution in [0.4, 0.5) is 5.69 Å². The van der Waals surface area contributed by atoms with Crippen LogP contribution in [0.25, 0.3) is 0 Å². The third kappa shape index (κ3) is 4.60. The lowest BCUT2D eigenvalue weighted by Crippen LogP contribution is -2.20. The number of carbonyl (C=O) groups excluding carboxylic acids is 1. The lowest BCUT2D eigenvalue weighted by Gasteiger charge is -2.11. The number of benzene rings is 2. The van der Waals surface area contributed by atoms with Crippen molar-refractivity contribution in [2.45, 2.75) is 26.2 Å². The summed E-state index contributed by atoms with van der Waals surface area (Å²) in [4.78, 5) is 11.9. The van der Waals surface area contributed by atoms with E-state index in [1.165, 1.54) is 5.56 Å².